The van der Waals surface area contributed by atoms with E-state index >= 15 is 0 Å². The smallest absolute Gasteiger partial charge is 0.0561 e. The molecule has 0 fully saturated rings. The van der Waals surface area contributed by atoms with Crippen molar-refractivity contribution < 1.29 is 0 Å². The van der Waals surface area contributed by atoms with Crippen molar-refractivity contribution in [2.24, 2.45) is 0 Å². The number of benzene rings is 10. The van der Waals surface area contributed by atoms with Crippen molar-refractivity contribution in [1.82, 2.24) is 0 Å². The van der Waals surface area contributed by atoms with E-state index in [0.717, 1.165) is 6.42 Å². The lowest BCUT2D eigenvalue weighted by Crippen LogP contribution is -2.19. The zero-order valence-electron chi connectivity index (χ0n) is 39.2. The first-order valence-electron chi connectivity index (χ1n) is 23.2. The molecule has 10 aromatic carbocycles. The zero-order valence-corrected chi connectivity index (χ0v) is 39.2. The number of para-hydroxylation sites is 2. The van der Waals surface area contributed by atoms with Crippen molar-refractivity contribution in [3.05, 3.63) is 214 Å². The molecule has 0 N–H and O–H groups in total. The minimum absolute atomic E-state index is 0.00873. The van der Waals surface area contributed by atoms with Gasteiger partial charge in [0.2, 0.25) is 0 Å². The van der Waals surface area contributed by atoms with Crippen LogP contribution in [0.15, 0.2) is 164 Å². The first kappa shape index (κ1) is 40.6. The summed E-state index contributed by atoms with van der Waals surface area (Å²) < 4.78 is 0. The fourth-order valence-corrected chi connectivity index (χ4v) is 11.0. The molecule has 0 radical (unpaired) electrons. The third-order valence-corrected chi connectivity index (χ3v) is 14.3. The van der Waals surface area contributed by atoms with Gasteiger partial charge >= 0.3 is 0 Å². The Kier molecular flexibility index (Phi) is 9.52. The van der Waals surface area contributed by atoms with Crippen molar-refractivity contribution in [2.75, 3.05) is 9.80 Å². The number of hydrogen-bond donors (Lipinski definition) is 0. The Hall–Kier alpha value is -7.16. The predicted octanol–water partition coefficient (Wildman–Crippen LogP) is 17.9. The standard InChI is InChI=1S/C63H56N2/c1-38-16-10-12-22-53(38)64-55-35-48(59-40(3)18-14-19-41(59)4)26-24-44(55)32-45-25-27-49(60-42(5)20-15-21-43(60)6)36-56(45)65(54-23-13-11-17-39(54)2)58-37-57(64)51-30-28-46-33-50(63(7,8)9)34-47-29-31-52(58)62(51)61(46)47/h10-31,33-37H,32H2,1-9H3. The molecule has 2 bridgehead atoms. The van der Waals surface area contributed by atoms with Crippen LogP contribution < -0.4 is 9.80 Å². The summed E-state index contributed by atoms with van der Waals surface area (Å²) in [6.07, 6.45) is 0.742. The number of nitrogens with zero attached hydrogens (tertiary/aromatic N) is 2. The van der Waals surface area contributed by atoms with Gasteiger partial charge in [-0.25, -0.2) is 0 Å². The van der Waals surface area contributed by atoms with Gasteiger partial charge < -0.3 is 9.80 Å². The maximum absolute atomic E-state index is 2.60. The molecule has 1 aliphatic heterocycles. The molecule has 0 unspecified atom stereocenters. The number of anilines is 6. The van der Waals surface area contributed by atoms with Crippen LogP contribution >= 0.6 is 0 Å². The summed E-state index contributed by atoms with van der Waals surface area (Å²) in [7, 11) is 0. The molecule has 10 aromatic rings. The normalized spacial score (nSPS) is 12.9. The lowest BCUT2D eigenvalue weighted by Gasteiger charge is -2.37. The minimum Gasteiger partial charge on any atom is -0.309 e. The first-order chi connectivity index (χ1) is 31.4. The van der Waals surface area contributed by atoms with Crippen LogP contribution in [0.5, 0.6) is 0 Å². The molecule has 1 aliphatic rings. The van der Waals surface area contributed by atoms with E-state index in [1.807, 2.05) is 0 Å². The molecule has 0 saturated carbocycles. The second-order valence-corrected chi connectivity index (χ2v) is 19.7. The Morgan fingerprint density at radius 2 is 0.769 bits per heavy atom. The predicted molar refractivity (Wildman–Crippen MR) is 280 cm³/mol. The van der Waals surface area contributed by atoms with Crippen LogP contribution in [0.4, 0.5) is 34.1 Å². The molecule has 0 amide bonds. The second kappa shape index (κ2) is 15.2. The van der Waals surface area contributed by atoms with Gasteiger partial charge in [0.25, 0.3) is 0 Å². The molecule has 0 saturated heterocycles. The van der Waals surface area contributed by atoms with Gasteiger partial charge in [-0.3, -0.25) is 0 Å². The van der Waals surface area contributed by atoms with Gasteiger partial charge in [-0.05, 0) is 166 Å². The van der Waals surface area contributed by atoms with Gasteiger partial charge in [-0.1, -0.05) is 154 Å². The molecule has 0 aromatic heterocycles. The van der Waals surface area contributed by atoms with Crippen LogP contribution in [0, 0.1) is 41.5 Å². The third-order valence-electron chi connectivity index (χ3n) is 14.3. The van der Waals surface area contributed by atoms with Crippen LogP contribution in [0.3, 0.4) is 0 Å². The second-order valence-electron chi connectivity index (χ2n) is 19.7. The molecule has 2 heteroatoms. The van der Waals surface area contributed by atoms with E-state index in [0.29, 0.717) is 0 Å². The summed E-state index contributed by atoms with van der Waals surface area (Å²) in [5.74, 6) is 0. The summed E-state index contributed by atoms with van der Waals surface area (Å²) in [6.45, 7) is 20.5. The number of fused-ring (bicyclic) bond motifs is 6. The fourth-order valence-electron chi connectivity index (χ4n) is 11.0. The van der Waals surface area contributed by atoms with Gasteiger partial charge in [0, 0.05) is 34.0 Å². The minimum atomic E-state index is 0.00873. The lowest BCUT2D eigenvalue weighted by atomic mass is 9.83. The molecule has 11 rings (SSSR count). The summed E-state index contributed by atoms with van der Waals surface area (Å²) in [4.78, 5) is 5.20. The number of rotatable bonds is 4. The van der Waals surface area contributed by atoms with Gasteiger partial charge in [-0.2, -0.15) is 0 Å². The van der Waals surface area contributed by atoms with E-state index in [1.54, 1.807) is 0 Å². The quantitative estimate of drug-likeness (QED) is 0.163. The lowest BCUT2D eigenvalue weighted by molar-refractivity contribution is 0.591. The molecule has 65 heavy (non-hydrogen) atoms. The highest BCUT2D eigenvalue weighted by atomic mass is 15.2. The van der Waals surface area contributed by atoms with Crippen molar-refractivity contribution in [3.63, 3.8) is 0 Å². The van der Waals surface area contributed by atoms with E-state index in [2.05, 4.69) is 236 Å². The SMILES string of the molecule is Cc1ccccc1N1c2cc(-c3c(C)cccc3C)ccc2Cc2ccc(-c3c(C)cccc3C)cc2N(c2ccccc2C)c2cc1c1ccc3cc(C(C)(C)C)cc4ccc2c1c34. The molecule has 2 nitrogen and oxygen atoms in total. The van der Waals surface area contributed by atoms with Crippen molar-refractivity contribution in [2.45, 2.75) is 74.1 Å². The highest BCUT2D eigenvalue weighted by Crippen LogP contribution is 2.54. The monoisotopic (exact) mass is 840 g/mol. The molecule has 318 valence electrons. The Balaban J connectivity index is 1.35. The third kappa shape index (κ3) is 6.61. The van der Waals surface area contributed by atoms with E-state index in [4.69, 9.17) is 0 Å². The number of hydrogen-bond acceptors (Lipinski definition) is 2. The van der Waals surface area contributed by atoms with E-state index < -0.39 is 0 Å². The molecule has 0 aliphatic carbocycles. The molecular weight excluding hydrogens is 785 g/mol. The average Bonchev–Trinajstić information content (AvgIpc) is 3.28. The van der Waals surface area contributed by atoms with Gasteiger partial charge in [-0.15, -0.1) is 0 Å². The van der Waals surface area contributed by atoms with Crippen molar-refractivity contribution >= 4 is 66.4 Å². The molecule has 0 spiro atoms. The van der Waals surface area contributed by atoms with Crippen molar-refractivity contribution in [3.8, 4) is 22.3 Å². The Bertz CT molecular complexity index is 3270. The van der Waals surface area contributed by atoms with Crippen LogP contribution in [0.25, 0.3) is 54.6 Å². The highest BCUT2D eigenvalue weighted by Gasteiger charge is 2.30. The van der Waals surface area contributed by atoms with Crippen LogP contribution in [-0.2, 0) is 11.8 Å². The van der Waals surface area contributed by atoms with Crippen molar-refractivity contribution in [1.29, 1.82) is 0 Å². The Labute approximate surface area is 384 Å². The zero-order chi connectivity index (χ0) is 44.9. The topological polar surface area (TPSA) is 6.48 Å². The largest absolute Gasteiger partial charge is 0.309 e. The van der Waals surface area contributed by atoms with Gasteiger partial charge in [0.15, 0.2) is 0 Å². The molecular formula is C63H56N2. The van der Waals surface area contributed by atoms with Gasteiger partial charge in [0.05, 0.1) is 22.7 Å². The van der Waals surface area contributed by atoms with Crippen LogP contribution in [0.1, 0.15) is 70.8 Å². The maximum atomic E-state index is 2.60. The summed E-state index contributed by atoms with van der Waals surface area (Å²) >= 11 is 0. The summed E-state index contributed by atoms with van der Waals surface area (Å²) in [6, 6.07) is 62.7. The Morgan fingerprint density at radius 3 is 1.18 bits per heavy atom. The number of aryl methyl sites for hydroxylation is 6. The summed E-state index contributed by atoms with van der Waals surface area (Å²) in [5.41, 5.74) is 23.6. The highest BCUT2D eigenvalue weighted by molar-refractivity contribution is 6.29. The van der Waals surface area contributed by atoms with E-state index in [-0.39, 0.29) is 5.41 Å². The Morgan fingerprint density at radius 1 is 0.354 bits per heavy atom. The van der Waals surface area contributed by atoms with Crippen LogP contribution in [-0.4, -0.2) is 0 Å². The fraction of sp³-hybridized carbons (Fsp3) is 0.175. The molecule has 0 atom stereocenters. The van der Waals surface area contributed by atoms with E-state index in [1.165, 1.54) is 139 Å². The molecule has 1 heterocycles. The van der Waals surface area contributed by atoms with Crippen LogP contribution in [0.2, 0.25) is 0 Å². The van der Waals surface area contributed by atoms with Gasteiger partial charge in [0.1, 0.15) is 0 Å². The van der Waals surface area contributed by atoms with E-state index in [9.17, 15) is 0 Å². The maximum Gasteiger partial charge on any atom is 0.0561 e. The summed E-state index contributed by atoms with van der Waals surface area (Å²) in [5, 5.41) is 7.66. The average molecular weight is 841 g/mol. The first-order valence-corrected chi connectivity index (χ1v) is 23.2.